The van der Waals surface area contributed by atoms with E-state index in [1.807, 2.05) is 5.43 Å². The van der Waals surface area contributed by atoms with E-state index in [4.69, 9.17) is 0 Å². The summed E-state index contributed by atoms with van der Waals surface area (Å²) in [4.78, 5) is 26.5. The first-order valence-corrected chi connectivity index (χ1v) is 9.18. The molecule has 0 saturated carbocycles. The van der Waals surface area contributed by atoms with Gasteiger partial charge in [0, 0.05) is 25.3 Å². The molecule has 0 atom stereocenters. The monoisotopic (exact) mass is 431 g/mol. The number of carbonyl (C=O) groups is 2. The number of aromatic nitrogens is 2. The van der Waals surface area contributed by atoms with Gasteiger partial charge in [-0.15, -0.1) is 0 Å². The summed E-state index contributed by atoms with van der Waals surface area (Å²) in [5.74, 6) is -1.81. The molecule has 3 rings (SSSR count). The number of rotatable bonds is 4. The predicted molar refractivity (Wildman–Crippen MR) is 109 cm³/mol. The van der Waals surface area contributed by atoms with E-state index in [0.29, 0.717) is 4.68 Å². The zero-order chi connectivity index (χ0) is 22.8. The Kier molecular flexibility index (Phi) is 6.00. The van der Waals surface area contributed by atoms with Crippen molar-refractivity contribution in [2.24, 2.45) is 0 Å². The van der Waals surface area contributed by atoms with Gasteiger partial charge in [-0.1, -0.05) is 23.8 Å². The highest BCUT2D eigenvalue weighted by Gasteiger charge is 2.40. The molecule has 2 amide bonds. The maximum Gasteiger partial charge on any atom is 0.434 e. The standard InChI is InChI=1S/C21H20F3N5O2/c1-13-7-9-15(10-8-13)29-18(21(22,23)24)17(12-25-29)20(31)27-26-19(30)14-5-4-6-16(11-14)28(2)3/h4-12H,1-3H3,(H,26,30)(H,27,31). The maximum atomic E-state index is 13.7. The number of benzene rings is 2. The number of carbonyl (C=O) groups excluding carboxylic acids is 2. The average molecular weight is 431 g/mol. The summed E-state index contributed by atoms with van der Waals surface area (Å²) in [7, 11) is 3.59. The smallest absolute Gasteiger partial charge is 0.378 e. The van der Waals surface area contributed by atoms with E-state index in [0.717, 1.165) is 17.4 Å². The van der Waals surface area contributed by atoms with Crippen LogP contribution in [0.5, 0.6) is 0 Å². The molecule has 0 radical (unpaired) electrons. The second kappa shape index (κ2) is 8.50. The van der Waals surface area contributed by atoms with E-state index in [-0.39, 0.29) is 11.3 Å². The molecular formula is C21H20F3N5O2. The molecular weight excluding hydrogens is 411 g/mol. The number of hydrazine groups is 1. The van der Waals surface area contributed by atoms with Gasteiger partial charge >= 0.3 is 6.18 Å². The number of anilines is 1. The van der Waals surface area contributed by atoms with Crippen molar-refractivity contribution in [3.05, 3.63) is 77.1 Å². The molecule has 1 heterocycles. The molecule has 0 aliphatic carbocycles. The Labute approximate surface area is 176 Å². The molecule has 162 valence electrons. The molecule has 0 aliphatic heterocycles. The molecule has 0 unspecified atom stereocenters. The number of alkyl halides is 3. The van der Waals surface area contributed by atoms with Gasteiger partial charge in [0.1, 0.15) is 0 Å². The lowest BCUT2D eigenvalue weighted by Crippen LogP contribution is -2.42. The third kappa shape index (κ3) is 4.85. The third-order valence-corrected chi connectivity index (χ3v) is 4.48. The third-order valence-electron chi connectivity index (χ3n) is 4.48. The number of halogens is 3. The van der Waals surface area contributed by atoms with Crippen LogP contribution in [0.25, 0.3) is 5.69 Å². The van der Waals surface area contributed by atoms with Crippen LogP contribution in [0.1, 0.15) is 32.0 Å². The molecule has 0 saturated heterocycles. The minimum Gasteiger partial charge on any atom is -0.378 e. The molecule has 0 aliphatic rings. The summed E-state index contributed by atoms with van der Waals surface area (Å²) >= 11 is 0. The van der Waals surface area contributed by atoms with Crippen molar-refractivity contribution in [3.63, 3.8) is 0 Å². The molecule has 0 bridgehead atoms. The van der Waals surface area contributed by atoms with E-state index < -0.39 is 29.2 Å². The van der Waals surface area contributed by atoms with Crippen LogP contribution in [0.2, 0.25) is 0 Å². The van der Waals surface area contributed by atoms with E-state index in [2.05, 4.69) is 10.5 Å². The Hall–Kier alpha value is -3.82. The van der Waals surface area contributed by atoms with E-state index in [1.54, 1.807) is 56.3 Å². The Morgan fingerprint density at radius 2 is 1.65 bits per heavy atom. The lowest BCUT2D eigenvalue weighted by Gasteiger charge is -2.14. The van der Waals surface area contributed by atoms with Crippen molar-refractivity contribution in [1.29, 1.82) is 0 Å². The summed E-state index contributed by atoms with van der Waals surface area (Å²) in [5, 5.41) is 3.74. The van der Waals surface area contributed by atoms with Crippen LogP contribution in [0.3, 0.4) is 0 Å². The summed E-state index contributed by atoms with van der Waals surface area (Å²) < 4.78 is 41.8. The number of hydrogen-bond donors (Lipinski definition) is 2. The molecule has 1 aromatic heterocycles. The van der Waals surface area contributed by atoms with Gasteiger partial charge in [0.05, 0.1) is 17.4 Å². The minimum absolute atomic E-state index is 0.154. The van der Waals surface area contributed by atoms with E-state index in [9.17, 15) is 22.8 Å². The summed E-state index contributed by atoms with van der Waals surface area (Å²) in [6.07, 6.45) is -4.03. The number of hydrogen-bond acceptors (Lipinski definition) is 4. The summed E-state index contributed by atoms with van der Waals surface area (Å²) in [6.45, 7) is 1.80. The average Bonchev–Trinajstić information content (AvgIpc) is 3.18. The van der Waals surface area contributed by atoms with Crippen LogP contribution in [0.15, 0.2) is 54.7 Å². The zero-order valence-corrected chi connectivity index (χ0v) is 17.0. The van der Waals surface area contributed by atoms with Crippen LogP contribution in [-0.2, 0) is 6.18 Å². The topological polar surface area (TPSA) is 79.3 Å². The predicted octanol–water partition coefficient (Wildman–Crippen LogP) is 3.34. The van der Waals surface area contributed by atoms with Crippen molar-refractivity contribution in [2.45, 2.75) is 13.1 Å². The van der Waals surface area contributed by atoms with E-state index in [1.165, 1.54) is 18.2 Å². The molecule has 0 spiro atoms. The van der Waals surface area contributed by atoms with Gasteiger partial charge in [0.15, 0.2) is 5.69 Å². The first kappa shape index (κ1) is 21.9. The van der Waals surface area contributed by atoms with Crippen LogP contribution in [-0.4, -0.2) is 35.7 Å². The molecule has 7 nitrogen and oxygen atoms in total. The molecule has 3 aromatic rings. The number of aryl methyl sites for hydroxylation is 1. The molecule has 2 N–H and O–H groups in total. The van der Waals surface area contributed by atoms with Gasteiger partial charge in [-0.3, -0.25) is 20.4 Å². The van der Waals surface area contributed by atoms with Gasteiger partial charge in [0.2, 0.25) is 0 Å². The maximum absolute atomic E-state index is 13.7. The first-order valence-electron chi connectivity index (χ1n) is 9.18. The fourth-order valence-electron chi connectivity index (χ4n) is 2.85. The number of nitrogens with one attached hydrogen (secondary N) is 2. The van der Waals surface area contributed by atoms with Crippen molar-refractivity contribution in [1.82, 2.24) is 20.6 Å². The quantitative estimate of drug-likeness (QED) is 0.621. The highest BCUT2D eigenvalue weighted by Crippen LogP contribution is 2.33. The highest BCUT2D eigenvalue weighted by atomic mass is 19.4. The Morgan fingerprint density at radius 3 is 2.26 bits per heavy atom. The molecule has 2 aromatic carbocycles. The zero-order valence-electron chi connectivity index (χ0n) is 17.0. The molecule has 0 fully saturated rings. The van der Waals surface area contributed by atoms with Crippen molar-refractivity contribution < 1.29 is 22.8 Å². The van der Waals surface area contributed by atoms with Crippen molar-refractivity contribution in [2.75, 3.05) is 19.0 Å². The van der Waals surface area contributed by atoms with Crippen LogP contribution in [0.4, 0.5) is 18.9 Å². The highest BCUT2D eigenvalue weighted by molar-refractivity contribution is 6.00. The van der Waals surface area contributed by atoms with E-state index >= 15 is 0 Å². The number of amides is 2. The molecule has 10 heteroatoms. The summed E-state index contributed by atoms with van der Waals surface area (Å²) in [5.41, 5.74) is 4.21. The largest absolute Gasteiger partial charge is 0.434 e. The molecule has 31 heavy (non-hydrogen) atoms. The van der Waals surface area contributed by atoms with Gasteiger partial charge in [-0.25, -0.2) is 4.68 Å². The van der Waals surface area contributed by atoms with Gasteiger partial charge < -0.3 is 4.90 Å². The first-order chi connectivity index (χ1) is 14.6. The van der Waals surface area contributed by atoms with Gasteiger partial charge in [-0.05, 0) is 37.3 Å². The summed E-state index contributed by atoms with van der Waals surface area (Å²) in [6, 6.07) is 12.8. The SMILES string of the molecule is Cc1ccc(-n2ncc(C(=O)NNC(=O)c3cccc(N(C)C)c3)c2C(F)(F)F)cc1. The Morgan fingerprint density at radius 1 is 1.00 bits per heavy atom. The Bertz CT molecular complexity index is 1100. The Balaban J connectivity index is 1.82. The fraction of sp³-hybridized carbons (Fsp3) is 0.190. The second-order valence-corrected chi connectivity index (χ2v) is 7.00. The van der Waals surface area contributed by atoms with Crippen molar-refractivity contribution >= 4 is 17.5 Å². The lowest BCUT2D eigenvalue weighted by molar-refractivity contribution is -0.143. The number of nitrogens with zero attached hydrogens (tertiary/aromatic N) is 3. The lowest BCUT2D eigenvalue weighted by atomic mass is 10.2. The van der Waals surface area contributed by atoms with Crippen LogP contribution >= 0.6 is 0 Å². The second-order valence-electron chi connectivity index (χ2n) is 7.00. The van der Waals surface area contributed by atoms with Gasteiger partial charge in [0.25, 0.3) is 11.8 Å². The minimum atomic E-state index is -4.85. The van der Waals surface area contributed by atoms with Crippen LogP contribution in [0, 0.1) is 6.92 Å². The fourth-order valence-corrected chi connectivity index (χ4v) is 2.85. The normalized spacial score (nSPS) is 11.2. The van der Waals surface area contributed by atoms with Gasteiger partial charge in [-0.2, -0.15) is 18.3 Å². The van der Waals surface area contributed by atoms with Crippen LogP contribution < -0.4 is 15.8 Å². The van der Waals surface area contributed by atoms with Crippen molar-refractivity contribution in [3.8, 4) is 5.69 Å².